The number of nitrogens with zero attached hydrogens (tertiary/aromatic N) is 3. The molecule has 0 bridgehead atoms. The van der Waals surface area contributed by atoms with E-state index in [9.17, 15) is 9.90 Å². The van der Waals surface area contributed by atoms with Crippen molar-refractivity contribution in [1.82, 2.24) is 15.0 Å². The number of rotatable bonds is 4. The molecule has 0 fully saturated rings. The first kappa shape index (κ1) is 13.7. The van der Waals surface area contributed by atoms with Gasteiger partial charge in [0.1, 0.15) is 15.7 Å². The molecular formula is C13H10N4O2S2. The molecule has 0 aromatic carbocycles. The van der Waals surface area contributed by atoms with Crippen LogP contribution in [0, 0.1) is 0 Å². The van der Waals surface area contributed by atoms with Crippen molar-refractivity contribution in [2.24, 2.45) is 4.99 Å². The number of aromatic nitrogens is 3. The SMILES string of the molecule is CN=C(c1nccs1)c1c(O)[nH]c(-c2nccs2)c1C=O. The number of aldehydes is 1. The fraction of sp³-hybridized carbons (Fsp3) is 0.0769. The maximum atomic E-state index is 11.5. The van der Waals surface area contributed by atoms with Crippen LogP contribution in [0.3, 0.4) is 0 Å². The summed E-state index contributed by atoms with van der Waals surface area (Å²) in [7, 11) is 1.60. The van der Waals surface area contributed by atoms with Crippen molar-refractivity contribution < 1.29 is 9.90 Å². The molecule has 0 unspecified atom stereocenters. The summed E-state index contributed by atoms with van der Waals surface area (Å²) in [6.45, 7) is 0. The lowest BCUT2D eigenvalue weighted by Gasteiger charge is -2.02. The van der Waals surface area contributed by atoms with E-state index in [1.165, 1.54) is 22.7 Å². The van der Waals surface area contributed by atoms with Crippen molar-refractivity contribution in [3.05, 3.63) is 39.3 Å². The van der Waals surface area contributed by atoms with Crippen LogP contribution in [0.25, 0.3) is 10.7 Å². The smallest absolute Gasteiger partial charge is 0.199 e. The number of thiazole rings is 2. The second kappa shape index (κ2) is 5.58. The van der Waals surface area contributed by atoms with E-state index in [1.54, 1.807) is 24.8 Å². The summed E-state index contributed by atoms with van der Waals surface area (Å²) in [6, 6.07) is 0. The molecule has 3 aromatic rings. The molecule has 0 spiro atoms. The largest absolute Gasteiger partial charge is 0.494 e. The average Bonchev–Trinajstić information content (AvgIpc) is 3.21. The summed E-state index contributed by atoms with van der Waals surface area (Å²) in [5.74, 6) is -0.113. The van der Waals surface area contributed by atoms with Gasteiger partial charge in [-0.2, -0.15) is 0 Å². The van der Waals surface area contributed by atoms with Crippen molar-refractivity contribution in [3.8, 4) is 16.6 Å². The summed E-state index contributed by atoms with van der Waals surface area (Å²) in [5, 5.41) is 15.1. The third kappa shape index (κ3) is 2.28. The summed E-state index contributed by atoms with van der Waals surface area (Å²) in [6.07, 6.45) is 3.99. The van der Waals surface area contributed by atoms with Crippen LogP contribution in [0.1, 0.15) is 20.9 Å². The van der Waals surface area contributed by atoms with Crippen LogP contribution in [0.4, 0.5) is 0 Å². The zero-order valence-corrected chi connectivity index (χ0v) is 12.5. The van der Waals surface area contributed by atoms with Crippen LogP contribution < -0.4 is 0 Å². The lowest BCUT2D eigenvalue weighted by molar-refractivity contribution is 0.112. The molecule has 0 atom stereocenters. The number of aromatic amines is 1. The van der Waals surface area contributed by atoms with Gasteiger partial charge in [-0.05, 0) is 0 Å². The first-order chi connectivity index (χ1) is 10.3. The topological polar surface area (TPSA) is 91.2 Å². The van der Waals surface area contributed by atoms with Gasteiger partial charge in [-0.1, -0.05) is 0 Å². The average molecular weight is 318 g/mol. The third-order valence-corrected chi connectivity index (χ3v) is 4.45. The molecule has 3 heterocycles. The fourth-order valence-corrected chi connectivity index (χ4v) is 3.36. The lowest BCUT2D eigenvalue weighted by atomic mass is 10.1. The second-order valence-electron chi connectivity index (χ2n) is 4.00. The third-order valence-electron chi connectivity index (χ3n) is 2.88. The van der Waals surface area contributed by atoms with Crippen molar-refractivity contribution in [1.29, 1.82) is 0 Å². The summed E-state index contributed by atoms with van der Waals surface area (Å²) < 4.78 is 0. The standard InChI is InChI=1S/C13H10N4O2S2/c1-14-10(13-16-3-5-21-13)8-7(6-18)9(17-11(8)19)12-15-2-4-20-12/h2-6,17,19H,1H3. The minimum Gasteiger partial charge on any atom is -0.494 e. The molecule has 3 aromatic heterocycles. The van der Waals surface area contributed by atoms with Crippen LogP contribution in [0.2, 0.25) is 0 Å². The normalized spacial score (nSPS) is 11.8. The highest BCUT2D eigenvalue weighted by Crippen LogP contribution is 2.33. The zero-order chi connectivity index (χ0) is 14.8. The lowest BCUT2D eigenvalue weighted by Crippen LogP contribution is -2.05. The highest BCUT2D eigenvalue weighted by Gasteiger charge is 2.25. The molecule has 0 aliphatic heterocycles. The molecule has 0 amide bonds. The predicted molar refractivity (Wildman–Crippen MR) is 82.6 cm³/mol. The van der Waals surface area contributed by atoms with Crippen LogP contribution in [0.5, 0.6) is 5.88 Å². The van der Waals surface area contributed by atoms with Gasteiger partial charge in [0, 0.05) is 30.2 Å². The summed E-state index contributed by atoms with van der Waals surface area (Å²) in [5.41, 5.74) is 1.65. The number of hydrogen-bond donors (Lipinski definition) is 2. The van der Waals surface area contributed by atoms with E-state index in [1.807, 2.05) is 5.38 Å². The van der Waals surface area contributed by atoms with Crippen molar-refractivity contribution >= 4 is 34.7 Å². The van der Waals surface area contributed by atoms with E-state index in [0.717, 1.165) is 0 Å². The Morgan fingerprint density at radius 3 is 2.67 bits per heavy atom. The zero-order valence-electron chi connectivity index (χ0n) is 10.9. The van der Waals surface area contributed by atoms with Crippen LogP contribution in [0.15, 0.2) is 28.1 Å². The Morgan fingerprint density at radius 2 is 2.10 bits per heavy atom. The number of carbonyl (C=O) groups excluding carboxylic acids is 1. The molecule has 0 saturated heterocycles. The van der Waals surface area contributed by atoms with Crippen LogP contribution >= 0.6 is 22.7 Å². The molecule has 8 heteroatoms. The first-order valence-corrected chi connectivity index (χ1v) is 7.69. The Bertz CT molecular complexity index is 789. The minimum atomic E-state index is -0.113. The number of H-pyrrole nitrogens is 1. The maximum Gasteiger partial charge on any atom is 0.199 e. The second-order valence-corrected chi connectivity index (χ2v) is 5.79. The highest BCUT2D eigenvalue weighted by atomic mass is 32.1. The Labute approximate surface area is 127 Å². The number of carbonyl (C=O) groups is 1. The van der Waals surface area contributed by atoms with Gasteiger partial charge in [0.2, 0.25) is 0 Å². The molecule has 21 heavy (non-hydrogen) atoms. The molecule has 0 aliphatic carbocycles. The molecule has 6 nitrogen and oxygen atoms in total. The van der Waals surface area contributed by atoms with Gasteiger partial charge in [0.05, 0.1) is 16.8 Å². The van der Waals surface area contributed by atoms with Gasteiger partial charge in [-0.25, -0.2) is 9.97 Å². The van der Waals surface area contributed by atoms with Gasteiger partial charge in [0.15, 0.2) is 12.2 Å². The summed E-state index contributed by atoms with van der Waals surface area (Å²) >= 11 is 2.77. The van der Waals surface area contributed by atoms with E-state index in [-0.39, 0.29) is 5.88 Å². The van der Waals surface area contributed by atoms with Gasteiger partial charge < -0.3 is 10.1 Å². The van der Waals surface area contributed by atoms with Gasteiger partial charge in [-0.3, -0.25) is 9.79 Å². The number of hydrogen-bond acceptors (Lipinski definition) is 7. The molecule has 2 N–H and O–H groups in total. The van der Waals surface area contributed by atoms with Crippen molar-refractivity contribution in [2.45, 2.75) is 0 Å². The quantitative estimate of drug-likeness (QED) is 0.571. The van der Waals surface area contributed by atoms with Gasteiger partial charge in [0.25, 0.3) is 0 Å². The Hall–Kier alpha value is -2.32. The highest BCUT2D eigenvalue weighted by molar-refractivity contribution is 7.13. The molecule has 0 radical (unpaired) electrons. The molecule has 3 rings (SSSR count). The Morgan fingerprint density at radius 1 is 1.33 bits per heavy atom. The monoisotopic (exact) mass is 318 g/mol. The van der Waals surface area contributed by atoms with Crippen molar-refractivity contribution in [3.63, 3.8) is 0 Å². The minimum absolute atomic E-state index is 0.113. The van der Waals surface area contributed by atoms with Gasteiger partial charge >= 0.3 is 0 Å². The van der Waals surface area contributed by atoms with E-state index in [4.69, 9.17) is 0 Å². The number of aromatic hydroxyl groups is 1. The van der Waals surface area contributed by atoms with E-state index in [0.29, 0.717) is 38.8 Å². The van der Waals surface area contributed by atoms with Crippen LogP contribution in [-0.4, -0.2) is 39.1 Å². The Kier molecular flexibility index (Phi) is 3.63. The van der Waals surface area contributed by atoms with Gasteiger partial charge in [-0.15, -0.1) is 22.7 Å². The predicted octanol–water partition coefficient (Wildman–Crippen LogP) is 2.58. The van der Waals surface area contributed by atoms with E-state index in [2.05, 4.69) is 19.9 Å². The number of aliphatic imine (C=N–C) groups is 1. The first-order valence-electron chi connectivity index (χ1n) is 5.93. The Balaban J connectivity index is 2.22. The molecule has 106 valence electrons. The van der Waals surface area contributed by atoms with Crippen LogP contribution in [-0.2, 0) is 0 Å². The summed E-state index contributed by atoms with van der Waals surface area (Å²) in [4.78, 5) is 26.9. The van der Waals surface area contributed by atoms with Crippen molar-refractivity contribution in [2.75, 3.05) is 7.05 Å². The van der Waals surface area contributed by atoms with E-state index >= 15 is 0 Å². The molecular weight excluding hydrogens is 308 g/mol. The van der Waals surface area contributed by atoms with E-state index < -0.39 is 0 Å². The molecule has 0 aliphatic rings. The number of nitrogens with one attached hydrogen (secondary N) is 1. The molecule has 0 saturated carbocycles. The fourth-order valence-electron chi connectivity index (χ4n) is 2.03. The maximum absolute atomic E-state index is 11.5.